The Kier molecular flexibility index (Phi) is 8.36. The fourth-order valence-electron chi connectivity index (χ4n) is 1.42. The minimum Gasteiger partial charge on any atom is -0.466 e. The molecule has 0 aliphatic heterocycles. The Hall–Kier alpha value is -1.13. The first kappa shape index (κ1) is 15.9. The van der Waals surface area contributed by atoms with E-state index in [1.807, 2.05) is 26.1 Å². The first-order valence-electron chi connectivity index (χ1n) is 5.83. The van der Waals surface area contributed by atoms with Crippen molar-refractivity contribution in [2.45, 2.75) is 26.3 Å². The second-order valence-corrected chi connectivity index (χ2v) is 4.30. The molecule has 0 aromatic rings. The van der Waals surface area contributed by atoms with Crippen LogP contribution in [-0.4, -0.2) is 44.2 Å². The zero-order chi connectivity index (χ0) is 13.3. The lowest BCUT2D eigenvalue weighted by atomic mass is 10.2. The Morgan fingerprint density at radius 3 is 2.71 bits per heavy atom. The van der Waals surface area contributed by atoms with Crippen LogP contribution in [0.15, 0.2) is 23.8 Å². The normalized spacial score (nSPS) is 14.4. The monoisotopic (exact) mass is 240 g/mol. The first-order valence-corrected chi connectivity index (χ1v) is 5.83. The lowest BCUT2D eigenvalue weighted by Crippen LogP contribution is -2.33. The van der Waals surface area contributed by atoms with Crippen molar-refractivity contribution in [1.29, 1.82) is 0 Å². The van der Waals surface area contributed by atoms with Crippen LogP contribution in [0.2, 0.25) is 0 Å². The molecule has 0 aromatic heterocycles. The van der Waals surface area contributed by atoms with E-state index in [2.05, 4.69) is 9.64 Å². The molecule has 2 N–H and O–H groups in total. The highest BCUT2D eigenvalue weighted by molar-refractivity contribution is 5.87. The molecule has 4 nitrogen and oxygen atoms in total. The minimum absolute atomic E-state index is 0.199. The van der Waals surface area contributed by atoms with Gasteiger partial charge in [0.05, 0.1) is 7.11 Å². The maximum atomic E-state index is 11.1. The summed E-state index contributed by atoms with van der Waals surface area (Å²) in [6, 6.07) is 0.199. The van der Waals surface area contributed by atoms with Crippen LogP contribution in [0.25, 0.3) is 0 Å². The van der Waals surface area contributed by atoms with E-state index in [9.17, 15) is 4.79 Å². The second kappa shape index (κ2) is 8.96. The molecule has 0 heterocycles. The van der Waals surface area contributed by atoms with Crippen molar-refractivity contribution >= 4 is 5.97 Å². The molecule has 17 heavy (non-hydrogen) atoms. The van der Waals surface area contributed by atoms with Crippen LogP contribution in [0, 0.1) is 0 Å². The van der Waals surface area contributed by atoms with Gasteiger partial charge in [-0.25, -0.2) is 4.79 Å². The van der Waals surface area contributed by atoms with E-state index in [1.165, 1.54) is 7.11 Å². The summed E-state index contributed by atoms with van der Waals surface area (Å²) >= 11 is 0. The number of carbonyl (C=O) groups excluding carboxylic acids is 1. The van der Waals surface area contributed by atoms with Gasteiger partial charge in [0.2, 0.25) is 0 Å². The van der Waals surface area contributed by atoms with E-state index < -0.39 is 0 Å². The predicted molar refractivity (Wildman–Crippen MR) is 70.7 cm³/mol. The number of esters is 1. The van der Waals surface area contributed by atoms with Gasteiger partial charge < -0.3 is 15.4 Å². The van der Waals surface area contributed by atoms with Gasteiger partial charge in [0.25, 0.3) is 0 Å². The third kappa shape index (κ3) is 8.65. The number of allylic oxidation sites excluding steroid dienone is 2. The molecule has 0 saturated carbocycles. The fourth-order valence-corrected chi connectivity index (χ4v) is 1.42. The highest BCUT2D eigenvalue weighted by atomic mass is 16.5. The van der Waals surface area contributed by atoms with Gasteiger partial charge in [0.15, 0.2) is 0 Å². The Morgan fingerprint density at radius 1 is 1.53 bits per heavy atom. The summed E-state index contributed by atoms with van der Waals surface area (Å²) in [5.74, 6) is -0.288. The van der Waals surface area contributed by atoms with Crippen molar-refractivity contribution in [2.75, 3.05) is 27.2 Å². The molecule has 0 saturated heterocycles. The standard InChI is InChI=1S/C13H24N2O2/c1-11(13(16)17-4)8-6-5-7-9-15(3)10-12(2)14/h5-6,8,12H,7,9-10,14H2,1-4H3/b6-5-,11-8+. The highest BCUT2D eigenvalue weighted by Gasteiger charge is 2.00. The summed E-state index contributed by atoms with van der Waals surface area (Å²) in [5.41, 5.74) is 6.30. The zero-order valence-electron chi connectivity index (χ0n) is 11.3. The van der Waals surface area contributed by atoms with Crippen molar-refractivity contribution in [3.63, 3.8) is 0 Å². The van der Waals surface area contributed by atoms with Gasteiger partial charge in [-0.1, -0.05) is 18.2 Å². The molecule has 1 unspecified atom stereocenters. The average molecular weight is 240 g/mol. The van der Waals surface area contributed by atoms with Gasteiger partial charge in [-0.15, -0.1) is 0 Å². The number of rotatable bonds is 7. The van der Waals surface area contributed by atoms with Gasteiger partial charge in [-0.2, -0.15) is 0 Å². The van der Waals surface area contributed by atoms with Crippen LogP contribution in [0.5, 0.6) is 0 Å². The Labute approximate surface area is 104 Å². The van der Waals surface area contributed by atoms with E-state index in [0.29, 0.717) is 5.57 Å². The van der Waals surface area contributed by atoms with E-state index in [0.717, 1.165) is 19.5 Å². The molecular formula is C13H24N2O2. The highest BCUT2D eigenvalue weighted by Crippen LogP contribution is 1.97. The molecule has 0 aliphatic rings. The number of ether oxygens (including phenoxy) is 1. The van der Waals surface area contributed by atoms with Crippen LogP contribution in [0.1, 0.15) is 20.3 Å². The van der Waals surface area contributed by atoms with Crippen molar-refractivity contribution in [3.05, 3.63) is 23.8 Å². The van der Waals surface area contributed by atoms with E-state index in [4.69, 9.17) is 5.73 Å². The molecule has 0 rings (SSSR count). The molecule has 0 radical (unpaired) electrons. The minimum atomic E-state index is -0.288. The Bertz CT molecular complexity index is 283. The molecule has 98 valence electrons. The van der Waals surface area contributed by atoms with Gasteiger partial charge in [-0.3, -0.25) is 0 Å². The number of nitrogens with zero attached hydrogens (tertiary/aromatic N) is 1. The van der Waals surface area contributed by atoms with Crippen molar-refractivity contribution in [2.24, 2.45) is 5.73 Å². The Morgan fingerprint density at radius 2 is 2.18 bits per heavy atom. The van der Waals surface area contributed by atoms with Crippen LogP contribution >= 0.6 is 0 Å². The molecule has 0 fully saturated rings. The molecule has 4 heteroatoms. The van der Waals surface area contributed by atoms with Gasteiger partial charge >= 0.3 is 5.97 Å². The number of nitrogens with two attached hydrogens (primary N) is 1. The average Bonchev–Trinajstić information content (AvgIpc) is 2.26. The van der Waals surface area contributed by atoms with Crippen LogP contribution in [0.4, 0.5) is 0 Å². The third-order valence-corrected chi connectivity index (χ3v) is 2.27. The number of hydrogen-bond acceptors (Lipinski definition) is 4. The smallest absolute Gasteiger partial charge is 0.333 e. The molecule has 0 spiro atoms. The lowest BCUT2D eigenvalue weighted by molar-refractivity contribution is -0.136. The zero-order valence-corrected chi connectivity index (χ0v) is 11.3. The Balaban J connectivity index is 3.85. The SMILES string of the molecule is COC(=O)/C(C)=C/C=C\CCN(C)CC(C)N. The van der Waals surface area contributed by atoms with Crippen LogP contribution in [-0.2, 0) is 9.53 Å². The fraction of sp³-hybridized carbons (Fsp3) is 0.615. The van der Waals surface area contributed by atoms with E-state index in [-0.39, 0.29) is 12.0 Å². The summed E-state index contributed by atoms with van der Waals surface area (Å²) in [5, 5.41) is 0. The quantitative estimate of drug-likeness (QED) is 0.414. The molecular weight excluding hydrogens is 216 g/mol. The van der Waals surface area contributed by atoms with Crippen molar-refractivity contribution in [1.82, 2.24) is 4.90 Å². The maximum Gasteiger partial charge on any atom is 0.333 e. The van der Waals surface area contributed by atoms with E-state index in [1.54, 1.807) is 13.0 Å². The molecule has 0 aliphatic carbocycles. The number of likely N-dealkylation sites (N-methyl/N-ethyl adjacent to an activating group) is 1. The molecule has 0 amide bonds. The van der Waals surface area contributed by atoms with Gasteiger partial charge in [0.1, 0.15) is 0 Å². The van der Waals surface area contributed by atoms with Crippen LogP contribution in [0.3, 0.4) is 0 Å². The third-order valence-electron chi connectivity index (χ3n) is 2.27. The van der Waals surface area contributed by atoms with Gasteiger partial charge in [-0.05, 0) is 27.3 Å². The second-order valence-electron chi connectivity index (χ2n) is 4.30. The number of methoxy groups -OCH3 is 1. The topological polar surface area (TPSA) is 55.6 Å². The van der Waals surface area contributed by atoms with Crippen molar-refractivity contribution < 1.29 is 9.53 Å². The van der Waals surface area contributed by atoms with E-state index >= 15 is 0 Å². The number of hydrogen-bond donors (Lipinski definition) is 1. The maximum absolute atomic E-state index is 11.1. The summed E-state index contributed by atoms with van der Waals surface area (Å²) in [6.07, 6.45) is 6.61. The first-order chi connectivity index (χ1) is 7.97. The summed E-state index contributed by atoms with van der Waals surface area (Å²) < 4.78 is 4.59. The largest absolute Gasteiger partial charge is 0.466 e. The molecule has 1 atom stereocenters. The summed E-state index contributed by atoms with van der Waals surface area (Å²) in [7, 11) is 3.43. The van der Waals surface area contributed by atoms with Crippen molar-refractivity contribution in [3.8, 4) is 0 Å². The number of carbonyl (C=O) groups is 1. The van der Waals surface area contributed by atoms with Gasteiger partial charge in [0, 0.05) is 24.7 Å². The lowest BCUT2D eigenvalue weighted by Gasteiger charge is -2.17. The molecule has 0 aromatic carbocycles. The molecule has 0 bridgehead atoms. The predicted octanol–water partition coefficient (Wildman–Crippen LogP) is 1.33. The summed E-state index contributed by atoms with van der Waals surface area (Å²) in [6.45, 7) is 5.58. The van der Waals surface area contributed by atoms with Crippen LogP contribution < -0.4 is 5.73 Å². The summed E-state index contributed by atoms with van der Waals surface area (Å²) in [4.78, 5) is 13.2.